The monoisotopic (exact) mass is 276 g/mol. The van der Waals surface area contributed by atoms with E-state index in [9.17, 15) is 10.1 Å². The molecule has 2 fully saturated rings. The first-order chi connectivity index (χ1) is 9.75. The zero-order valence-electron chi connectivity index (χ0n) is 11.5. The summed E-state index contributed by atoms with van der Waals surface area (Å²) >= 11 is 0. The lowest BCUT2D eigenvalue weighted by molar-refractivity contribution is -0.385. The minimum absolute atomic E-state index is 0.228. The first-order valence-electron chi connectivity index (χ1n) is 7.33. The highest BCUT2D eigenvalue weighted by Crippen LogP contribution is 2.30. The number of para-hydroxylation sites is 1. The Morgan fingerprint density at radius 3 is 2.95 bits per heavy atom. The molecule has 1 aromatic carbocycles. The Kier molecular flexibility index (Phi) is 3.98. The number of nitro benzene ring substituents is 1. The lowest BCUT2D eigenvalue weighted by Gasteiger charge is -2.43. The first kappa shape index (κ1) is 13.5. The molecule has 5 heteroatoms. The van der Waals surface area contributed by atoms with E-state index >= 15 is 0 Å². The molecule has 0 amide bonds. The molecule has 2 aliphatic rings. The van der Waals surface area contributed by atoms with Crippen LogP contribution in [0.2, 0.25) is 0 Å². The van der Waals surface area contributed by atoms with Crippen molar-refractivity contribution < 1.29 is 9.66 Å². The molecule has 3 rings (SSSR count). The maximum atomic E-state index is 11.1. The Morgan fingerprint density at radius 2 is 2.10 bits per heavy atom. The van der Waals surface area contributed by atoms with E-state index < -0.39 is 0 Å². The van der Waals surface area contributed by atoms with Gasteiger partial charge < -0.3 is 4.74 Å². The Hall–Kier alpha value is -1.46. The molecule has 0 N–H and O–H groups in total. The van der Waals surface area contributed by atoms with Crippen molar-refractivity contribution in [1.82, 2.24) is 4.90 Å². The molecule has 1 saturated heterocycles. The van der Waals surface area contributed by atoms with Crippen LogP contribution in [0.15, 0.2) is 24.3 Å². The van der Waals surface area contributed by atoms with Crippen molar-refractivity contribution in [2.24, 2.45) is 0 Å². The van der Waals surface area contributed by atoms with Crippen LogP contribution < -0.4 is 0 Å². The molecule has 5 nitrogen and oxygen atoms in total. The Morgan fingerprint density at radius 1 is 1.30 bits per heavy atom. The van der Waals surface area contributed by atoms with Crippen LogP contribution in [-0.4, -0.2) is 35.1 Å². The third kappa shape index (κ3) is 2.69. The molecule has 20 heavy (non-hydrogen) atoms. The molecule has 108 valence electrons. The molecule has 2 atom stereocenters. The maximum Gasteiger partial charge on any atom is 0.273 e. The van der Waals surface area contributed by atoms with Gasteiger partial charge in [0.1, 0.15) is 0 Å². The summed E-state index contributed by atoms with van der Waals surface area (Å²) in [6, 6.07) is 7.49. The largest absolute Gasteiger partial charge is 0.375 e. The summed E-state index contributed by atoms with van der Waals surface area (Å²) in [5.41, 5.74) is 1.04. The van der Waals surface area contributed by atoms with Crippen molar-refractivity contribution in [2.75, 3.05) is 13.2 Å². The summed E-state index contributed by atoms with van der Waals surface area (Å²) in [4.78, 5) is 13.2. The Labute approximate surface area is 118 Å². The molecule has 0 spiro atoms. The third-order valence-corrected chi connectivity index (χ3v) is 4.41. The van der Waals surface area contributed by atoms with Crippen LogP contribution in [0, 0.1) is 10.1 Å². The van der Waals surface area contributed by atoms with Crippen molar-refractivity contribution in [3.05, 3.63) is 39.9 Å². The smallest absolute Gasteiger partial charge is 0.273 e. The van der Waals surface area contributed by atoms with E-state index in [-0.39, 0.29) is 10.6 Å². The minimum atomic E-state index is -0.284. The normalized spacial score (nSPS) is 27.0. The fourth-order valence-corrected chi connectivity index (χ4v) is 3.41. The van der Waals surface area contributed by atoms with Crippen molar-refractivity contribution in [3.63, 3.8) is 0 Å². The van der Waals surface area contributed by atoms with Gasteiger partial charge in [-0.25, -0.2) is 0 Å². The zero-order valence-corrected chi connectivity index (χ0v) is 11.5. The van der Waals surface area contributed by atoms with Gasteiger partial charge in [-0.1, -0.05) is 31.0 Å². The molecule has 0 bridgehead atoms. The van der Waals surface area contributed by atoms with Gasteiger partial charge in [0.05, 0.1) is 17.6 Å². The maximum absolute atomic E-state index is 11.1. The molecule has 1 saturated carbocycles. The van der Waals surface area contributed by atoms with E-state index in [1.54, 1.807) is 12.1 Å². The summed E-state index contributed by atoms with van der Waals surface area (Å²) in [6.07, 6.45) is 5.06. The van der Waals surface area contributed by atoms with E-state index in [1.807, 2.05) is 12.1 Å². The van der Waals surface area contributed by atoms with Gasteiger partial charge in [-0.2, -0.15) is 0 Å². The highest BCUT2D eigenvalue weighted by molar-refractivity contribution is 5.39. The quantitative estimate of drug-likeness (QED) is 0.629. The second-order valence-corrected chi connectivity index (χ2v) is 5.62. The van der Waals surface area contributed by atoms with Crippen LogP contribution in [0.5, 0.6) is 0 Å². The summed E-state index contributed by atoms with van der Waals surface area (Å²) in [5.74, 6) is 0. The molecule has 0 aromatic heterocycles. The highest BCUT2D eigenvalue weighted by atomic mass is 16.6. The second-order valence-electron chi connectivity index (χ2n) is 5.62. The average molecular weight is 276 g/mol. The van der Waals surface area contributed by atoms with Crippen molar-refractivity contribution in [2.45, 2.75) is 44.4 Å². The third-order valence-electron chi connectivity index (χ3n) is 4.41. The van der Waals surface area contributed by atoms with Gasteiger partial charge in [0, 0.05) is 30.8 Å². The highest BCUT2D eigenvalue weighted by Gasteiger charge is 2.34. The van der Waals surface area contributed by atoms with Crippen molar-refractivity contribution in [1.29, 1.82) is 0 Å². The lowest BCUT2D eigenvalue weighted by atomic mass is 9.90. The standard InChI is InChI=1S/C15H20N2O3/c18-17(19)13-6-2-1-5-12(13)11-16-9-10-20-15-8-4-3-7-14(15)16/h1-2,5-6,14-15H,3-4,7-11H2. The number of ether oxygens (including phenoxy) is 1. The SMILES string of the molecule is O=[N+]([O-])c1ccccc1CN1CCOC2CCCCC21. The number of rotatable bonds is 3. The number of fused-ring (bicyclic) bond motifs is 1. The molecular formula is C15H20N2O3. The van der Waals surface area contributed by atoms with Crippen molar-refractivity contribution in [3.8, 4) is 0 Å². The summed E-state index contributed by atoms with van der Waals surface area (Å²) in [6.45, 7) is 2.26. The number of benzene rings is 1. The van der Waals surface area contributed by atoms with E-state index in [4.69, 9.17) is 4.74 Å². The van der Waals surface area contributed by atoms with Gasteiger partial charge in [0.15, 0.2) is 0 Å². The molecule has 1 aliphatic carbocycles. The van der Waals surface area contributed by atoms with Crippen molar-refractivity contribution >= 4 is 5.69 Å². The van der Waals surface area contributed by atoms with Gasteiger partial charge >= 0.3 is 0 Å². The van der Waals surface area contributed by atoms with Gasteiger partial charge in [-0.15, -0.1) is 0 Å². The van der Waals surface area contributed by atoms with Gasteiger partial charge in [-0.3, -0.25) is 15.0 Å². The zero-order chi connectivity index (χ0) is 13.9. The van der Waals surface area contributed by atoms with Crippen LogP contribution in [-0.2, 0) is 11.3 Å². The van der Waals surface area contributed by atoms with Crippen LogP contribution in [0.25, 0.3) is 0 Å². The predicted molar refractivity (Wildman–Crippen MR) is 75.5 cm³/mol. The number of nitrogens with zero attached hydrogens (tertiary/aromatic N) is 2. The summed E-state index contributed by atoms with van der Waals surface area (Å²) < 4.78 is 5.85. The van der Waals surface area contributed by atoms with Gasteiger partial charge in [-0.05, 0) is 12.8 Å². The summed E-state index contributed by atoms with van der Waals surface area (Å²) in [7, 11) is 0. The molecule has 1 aromatic rings. The number of hydrogen-bond acceptors (Lipinski definition) is 4. The fraction of sp³-hybridized carbons (Fsp3) is 0.600. The van der Waals surface area contributed by atoms with E-state index in [2.05, 4.69) is 4.90 Å². The van der Waals surface area contributed by atoms with Crippen LogP contribution in [0.3, 0.4) is 0 Å². The lowest BCUT2D eigenvalue weighted by Crippen LogP contribution is -2.52. The number of morpholine rings is 1. The fourth-order valence-electron chi connectivity index (χ4n) is 3.41. The predicted octanol–water partition coefficient (Wildman–Crippen LogP) is 2.74. The Balaban J connectivity index is 1.78. The van der Waals surface area contributed by atoms with Crippen LogP contribution in [0.1, 0.15) is 31.2 Å². The molecule has 1 heterocycles. The van der Waals surface area contributed by atoms with Crippen LogP contribution in [0.4, 0.5) is 5.69 Å². The molecule has 0 radical (unpaired) electrons. The van der Waals surface area contributed by atoms with E-state index in [0.29, 0.717) is 18.7 Å². The average Bonchev–Trinajstić information content (AvgIpc) is 2.48. The van der Waals surface area contributed by atoms with Crippen LogP contribution >= 0.6 is 0 Å². The van der Waals surface area contributed by atoms with Gasteiger partial charge in [0.25, 0.3) is 5.69 Å². The first-order valence-corrected chi connectivity index (χ1v) is 7.33. The minimum Gasteiger partial charge on any atom is -0.375 e. The number of hydrogen-bond donors (Lipinski definition) is 0. The Bertz CT molecular complexity index is 490. The second kappa shape index (κ2) is 5.89. The van der Waals surface area contributed by atoms with E-state index in [1.165, 1.54) is 12.8 Å². The molecule has 1 aliphatic heterocycles. The summed E-state index contributed by atoms with van der Waals surface area (Å²) in [5, 5.41) is 11.1. The molecular weight excluding hydrogens is 256 g/mol. The molecule has 2 unspecified atom stereocenters. The van der Waals surface area contributed by atoms with Gasteiger partial charge in [0.2, 0.25) is 0 Å². The topological polar surface area (TPSA) is 55.6 Å². The number of nitro groups is 1. The van der Waals surface area contributed by atoms with E-state index in [0.717, 1.165) is 31.6 Å².